The zero-order valence-electron chi connectivity index (χ0n) is 11.4. The largest absolute Gasteiger partial charge is 0.398 e. The molecule has 1 unspecified atom stereocenters. The molecule has 0 amide bonds. The predicted molar refractivity (Wildman–Crippen MR) is 76.9 cm³/mol. The summed E-state index contributed by atoms with van der Waals surface area (Å²) in [6.07, 6.45) is 1.27. The van der Waals surface area contributed by atoms with Gasteiger partial charge < -0.3 is 10.5 Å². The van der Waals surface area contributed by atoms with Crippen molar-refractivity contribution in [2.24, 2.45) is 0 Å². The van der Waals surface area contributed by atoms with E-state index in [1.165, 1.54) is 18.5 Å². The molecular weight excluding hydrogens is 238 g/mol. The maximum atomic E-state index is 6.02. The van der Waals surface area contributed by atoms with Crippen LogP contribution >= 0.6 is 0 Å². The van der Waals surface area contributed by atoms with Crippen LogP contribution in [-0.4, -0.2) is 55.2 Å². The van der Waals surface area contributed by atoms with E-state index in [2.05, 4.69) is 21.9 Å². The summed E-state index contributed by atoms with van der Waals surface area (Å²) in [5.74, 6) is 0. The third kappa shape index (κ3) is 3.08. The molecule has 0 aromatic heterocycles. The second-order valence-electron chi connectivity index (χ2n) is 5.52. The third-order valence-corrected chi connectivity index (χ3v) is 4.26. The molecular formula is C15H23N3O. The van der Waals surface area contributed by atoms with Crippen LogP contribution in [-0.2, 0) is 11.3 Å². The van der Waals surface area contributed by atoms with Crippen molar-refractivity contribution in [3.63, 3.8) is 0 Å². The van der Waals surface area contributed by atoms with Gasteiger partial charge in [0.1, 0.15) is 0 Å². The molecule has 104 valence electrons. The smallest absolute Gasteiger partial charge is 0.0594 e. The fourth-order valence-corrected chi connectivity index (χ4v) is 3.12. The van der Waals surface area contributed by atoms with Gasteiger partial charge in [-0.05, 0) is 18.1 Å². The van der Waals surface area contributed by atoms with Crippen LogP contribution in [0.1, 0.15) is 12.0 Å². The summed E-state index contributed by atoms with van der Waals surface area (Å²) in [5.41, 5.74) is 8.19. The number of nitrogens with zero attached hydrogens (tertiary/aromatic N) is 2. The predicted octanol–water partition coefficient (Wildman–Crippen LogP) is 1.18. The Kier molecular flexibility index (Phi) is 4.01. The van der Waals surface area contributed by atoms with E-state index in [0.29, 0.717) is 6.04 Å². The fourth-order valence-electron chi connectivity index (χ4n) is 3.12. The Bertz CT molecular complexity index is 418. The SMILES string of the molecule is Nc1ccccc1CN1CCC(N2CCOCC2)C1. The molecule has 0 spiro atoms. The number of para-hydroxylation sites is 1. The molecule has 0 bridgehead atoms. The molecule has 0 radical (unpaired) electrons. The lowest BCUT2D eigenvalue weighted by atomic mass is 10.2. The Morgan fingerprint density at radius 1 is 1.16 bits per heavy atom. The van der Waals surface area contributed by atoms with Crippen LogP contribution in [0.4, 0.5) is 5.69 Å². The molecule has 0 saturated carbocycles. The normalized spacial score (nSPS) is 25.8. The van der Waals surface area contributed by atoms with Gasteiger partial charge in [0.05, 0.1) is 13.2 Å². The highest BCUT2D eigenvalue weighted by molar-refractivity contribution is 5.46. The van der Waals surface area contributed by atoms with E-state index < -0.39 is 0 Å². The highest BCUT2D eigenvalue weighted by atomic mass is 16.5. The third-order valence-electron chi connectivity index (χ3n) is 4.26. The molecule has 1 aromatic carbocycles. The zero-order valence-corrected chi connectivity index (χ0v) is 11.4. The maximum absolute atomic E-state index is 6.02. The van der Waals surface area contributed by atoms with E-state index >= 15 is 0 Å². The van der Waals surface area contributed by atoms with Crippen LogP contribution in [0, 0.1) is 0 Å². The van der Waals surface area contributed by atoms with Crippen molar-refractivity contribution in [3.8, 4) is 0 Å². The van der Waals surface area contributed by atoms with Gasteiger partial charge in [-0.15, -0.1) is 0 Å². The first-order valence-electron chi connectivity index (χ1n) is 7.20. The number of ether oxygens (including phenoxy) is 1. The van der Waals surface area contributed by atoms with Gasteiger partial charge in [-0.25, -0.2) is 0 Å². The zero-order chi connectivity index (χ0) is 13.1. The number of morpholine rings is 1. The Balaban J connectivity index is 1.55. The Morgan fingerprint density at radius 3 is 2.74 bits per heavy atom. The number of benzene rings is 1. The van der Waals surface area contributed by atoms with Gasteiger partial charge in [-0.1, -0.05) is 18.2 Å². The number of hydrogen-bond donors (Lipinski definition) is 1. The Hall–Kier alpha value is -1.10. The molecule has 2 saturated heterocycles. The molecule has 3 rings (SSSR count). The van der Waals surface area contributed by atoms with Crippen molar-refractivity contribution >= 4 is 5.69 Å². The standard InChI is InChI=1S/C15H23N3O/c16-15-4-2-1-3-13(15)11-17-6-5-14(12-17)18-7-9-19-10-8-18/h1-4,14H,5-12,16H2. The first-order valence-corrected chi connectivity index (χ1v) is 7.20. The second-order valence-corrected chi connectivity index (χ2v) is 5.52. The van der Waals surface area contributed by atoms with Crippen molar-refractivity contribution in [2.45, 2.75) is 19.0 Å². The van der Waals surface area contributed by atoms with Crippen molar-refractivity contribution in [2.75, 3.05) is 45.1 Å². The minimum absolute atomic E-state index is 0.703. The molecule has 1 aromatic rings. The molecule has 2 aliphatic rings. The first-order chi connectivity index (χ1) is 9.33. The minimum Gasteiger partial charge on any atom is -0.398 e. The van der Waals surface area contributed by atoms with Crippen molar-refractivity contribution in [3.05, 3.63) is 29.8 Å². The molecule has 0 aliphatic carbocycles. The quantitative estimate of drug-likeness (QED) is 0.830. The van der Waals surface area contributed by atoms with E-state index in [0.717, 1.165) is 45.1 Å². The molecule has 2 aliphatic heterocycles. The highest BCUT2D eigenvalue weighted by Crippen LogP contribution is 2.21. The van der Waals surface area contributed by atoms with Crippen molar-refractivity contribution < 1.29 is 4.74 Å². The van der Waals surface area contributed by atoms with Crippen LogP contribution in [0.2, 0.25) is 0 Å². The van der Waals surface area contributed by atoms with E-state index in [1.807, 2.05) is 12.1 Å². The lowest BCUT2D eigenvalue weighted by Crippen LogP contribution is -2.44. The summed E-state index contributed by atoms with van der Waals surface area (Å²) in [6.45, 7) is 7.28. The summed E-state index contributed by atoms with van der Waals surface area (Å²) < 4.78 is 5.43. The first kappa shape index (κ1) is 12.9. The summed E-state index contributed by atoms with van der Waals surface area (Å²) in [7, 11) is 0. The van der Waals surface area contributed by atoms with E-state index in [-0.39, 0.29) is 0 Å². The average Bonchev–Trinajstić information content (AvgIpc) is 2.91. The van der Waals surface area contributed by atoms with Crippen LogP contribution in [0.25, 0.3) is 0 Å². The topological polar surface area (TPSA) is 41.7 Å². The van der Waals surface area contributed by atoms with Gasteiger partial charge in [-0.2, -0.15) is 0 Å². The van der Waals surface area contributed by atoms with Crippen LogP contribution in [0.3, 0.4) is 0 Å². The molecule has 2 fully saturated rings. The minimum atomic E-state index is 0.703. The summed E-state index contributed by atoms with van der Waals surface area (Å²) in [6, 6.07) is 8.90. The van der Waals surface area contributed by atoms with Gasteiger partial charge in [-0.3, -0.25) is 9.80 Å². The van der Waals surface area contributed by atoms with E-state index in [4.69, 9.17) is 10.5 Å². The Morgan fingerprint density at radius 2 is 1.95 bits per heavy atom. The molecule has 19 heavy (non-hydrogen) atoms. The number of anilines is 1. The summed E-state index contributed by atoms with van der Waals surface area (Å²) in [5, 5.41) is 0. The average molecular weight is 261 g/mol. The highest BCUT2D eigenvalue weighted by Gasteiger charge is 2.28. The lowest BCUT2D eigenvalue weighted by molar-refractivity contribution is 0.0184. The van der Waals surface area contributed by atoms with Gasteiger partial charge in [0.2, 0.25) is 0 Å². The van der Waals surface area contributed by atoms with Crippen LogP contribution in [0.5, 0.6) is 0 Å². The monoisotopic (exact) mass is 261 g/mol. The number of rotatable bonds is 3. The fraction of sp³-hybridized carbons (Fsp3) is 0.600. The number of nitrogens with two attached hydrogens (primary N) is 1. The molecule has 4 heteroatoms. The van der Waals surface area contributed by atoms with Gasteiger partial charge in [0, 0.05) is 44.5 Å². The molecule has 2 N–H and O–H groups in total. The van der Waals surface area contributed by atoms with Crippen molar-refractivity contribution in [1.29, 1.82) is 0 Å². The molecule has 2 heterocycles. The number of nitrogen functional groups attached to an aromatic ring is 1. The maximum Gasteiger partial charge on any atom is 0.0594 e. The summed E-state index contributed by atoms with van der Waals surface area (Å²) >= 11 is 0. The second kappa shape index (κ2) is 5.90. The number of hydrogen-bond acceptors (Lipinski definition) is 4. The van der Waals surface area contributed by atoms with E-state index in [9.17, 15) is 0 Å². The van der Waals surface area contributed by atoms with Gasteiger partial charge in [0.25, 0.3) is 0 Å². The lowest BCUT2D eigenvalue weighted by Gasteiger charge is -2.32. The van der Waals surface area contributed by atoms with Crippen LogP contribution < -0.4 is 5.73 Å². The molecule has 4 nitrogen and oxygen atoms in total. The summed E-state index contributed by atoms with van der Waals surface area (Å²) in [4.78, 5) is 5.10. The van der Waals surface area contributed by atoms with Gasteiger partial charge >= 0.3 is 0 Å². The van der Waals surface area contributed by atoms with E-state index in [1.54, 1.807) is 0 Å². The van der Waals surface area contributed by atoms with Crippen molar-refractivity contribution in [1.82, 2.24) is 9.80 Å². The molecule has 1 atom stereocenters. The van der Waals surface area contributed by atoms with Crippen LogP contribution in [0.15, 0.2) is 24.3 Å². The Labute approximate surface area is 115 Å². The van der Waals surface area contributed by atoms with Gasteiger partial charge in [0.15, 0.2) is 0 Å². The number of likely N-dealkylation sites (tertiary alicyclic amines) is 1.